The van der Waals surface area contributed by atoms with E-state index in [2.05, 4.69) is 29.0 Å². The van der Waals surface area contributed by atoms with E-state index in [1.54, 1.807) is 0 Å². The van der Waals surface area contributed by atoms with Crippen LogP contribution in [0, 0.1) is 34.0 Å². The van der Waals surface area contributed by atoms with Crippen LogP contribution in [0.25, 0.3) is 0 Å². The summed E-state index contributed by atoms with van der Waals surface area (Å²) in [5, 5.41) is 23.0. The summed E-state index contributed by atoms with van der Waals surface area (Å²) in [5.41, 5.74) is 4.51. The van der Waals surface area contributed by atoms with Gasteiger partial charge in [0.1, 0.15) is 0 Å². The van der Waals surface area contributed by atoms with Crippen molar-refractivity contribution in [3.05, 3.63) is 22.8 Å². The molecule has 4 atom stereocenters. The van der Waals surface area contributed by atoms with Gasteiger partial charge in [-0.15, -0.1) is 0 Å². The Hall–Kier alpha value is -2.62. The van der Waals surface area contributed by atoms with Crippen LogP contribution in [0.1, 0.15) is 71.1 Å². The molecule has 2 fully saturated rings. The minimum Gasteiger partial charge on any atom is -0.481 e. The number of rotatable bonds is 4. The Morgan fingerprint density at radius 2 is 2.06 bits per heavy atom. The Kier molecular flexibility index (Phi) is 5.67. The average Bonchev–Trinajstić information content (AvgIpc) is 3.03. The third kappa shape index (κ3) is 3.56. The quantitative estimate of drug-likeness (QED) is 0.379. The highest BCUT2D eigenvalue weighted by molar-refractivity contribution is 5.97. The molecule has 4 aliphatic rings. The number of carboxylic acid groups (broad SMARTS) is 1. The molecule has 0 spiro atoms. The largest absolute Gasteiger partial charge is 0.534 e. The van der Waals surface area contributed by atoms with Crippen LogP contribution in [0.15, 0.2) is 28.0 Å². The van der Waals surface area contributed by atoms with Gasteiger partial charge in [-0.3, -0.25) is 9.63 Å². The second kappa shape index (κ2) is 8.14. The fourth-order valence-corrected chi connectivity index (χ4v) is 7.06. The van der Waals surface area contributed by atoms with Crippen LogP contribution in [0.4, 0.5) is 4.79 Å². The molecule has 0 aromatic rings. The maximum Gasteiger partial charge on any atom is 0.534 e. The molecule has 7 nitrogen and oxygen atoms in total. The first-order chi connectivity index (χ1) is 14.8. The number of fused-ring (bicyclic) bond motifs is 4. The first-order valence-electron chi connectivity index (χ1n) is 11.2. The first kappa shape index (κ1) is 21.6. The maximum atomic E-state index is 11.7. The normalized spacial score (nSPS) is 35.4. The number of allylic oxidation sites excluding steroid dienone is 4. The summed E-state index contributed by atoms with van der Waals surface area (Å²) in [5.74, 6) is 0.129. The van der Waals surface area contributed by atoms with Crippen molar-refractivity contribution < 1.29 is 24.3 Å². The van der Waals surface area contributed by atoms with Crippen molar-refractivity contribution in [2.45, 2.75) is 71.1 Å². The molecule has 4 aliphatic carbocycles. The molecule has 0 saturated heterocycles. The lowest BCUT2D eigenvalue weighted by molar-refractivity contribution is -0.143. The Balaban J connectivity index is 1.61. The molecule has 7 heteroatoms. The van der Waals surface area contributed by atoms with Gasteiger partial charge >= 0.3 is 12.1 Å². The fraction of sp³-hybridized carbons (Fsp3) is 0.667. The number of carbonyl (C=O) groups is 2. The zero-order valence-electron chi connectivity index (χ0n) is 18.3. The molecule has 0 bridgehead atoms. The summed E-state index contributed by atoms with van der Waals surface area (Å²) in [6.45, 7) is 2.26. The highest BCUT2D eigenvalue weighted by Gasteiger charge is 2.61. The second-order valence-electron chi connectivity index (χ2n) is 9.69. The number of nitrogens with zero attached hydrogens (tertiary/aromatic N) is 2. The van der Waals surface area contributed by atoms with Crippen LogP contribution < -0.4 is 0 Å². The third-order valence-corrected chi connectivity index (χ3v) is 8.59. The van der Waals surface area contributed by atoms with Crippen molar-refractivity contribution in [2.75, 3.05) is 7.11 Å². The predicted octanol–water partition coefficient (Wildman–Crippen LogP) is 5.14. The van der Waals surface area contributed by atoms with E-state index in [1.165, 1.54) is 23.8 Å². The van der Waals surface area contributed by atoms with E-state index in [0.717, 1.165) is 57.1 Å². The molecule has 2 saturated carbocycles. The molecule has 31 heavy (non-hydrogen) atoms. The molecule has 0 aromatic carbocycles. The van der Waals surface area contributed by atoms with Crippen LogP contribution in [0.5, 0.6) is 0 Å². The highest BCUT2D eigenvalue weighted by atomic mass is 16.8. The van der Waals surface area contributed by atoms with E-state index in [0.29, 0.717) is 18.3 Å². The second-order valence-corrected chi connectivity index (χ2v) is 9.69. The minimum atomic E-state index is -0.811. The average molecular weight is 427 g/mol. The van der Waals surface area contributed by atoms with Crippen LogP contribution in [-0.4, -0.2) is 30.1 Å². The molecule has 0 radical (unpaired) electrons. The van der Waals surface area contributed by atoms with Crippen molar-refractivity contribution in [3.63, 3.8) is 0 Å². The molecule has 0 aliphatic heterocycles. The first-order valence-corrected chi connectivity index (χ1v) is 11.2. The maximum absolute atomic E-state index is 11.7. The van der Waals surface area contributed by atoms with Crippen LogP contribution in [0.2, 0.25) is 0 Å². The number of carbonyl (C=O) groups excluding carboxylic acids is 1. The van der Waals surface area contributed by atoms with Crippen molar-refractivity contribution in [1.29, 1.82) is 5.26 Å². The van der Waals surface area contributed by atoms with Crippen molar-refractivity contribution in [1.82, 2.24) is 0 Å². The van der Waals surface area contributed by atoms with Crippen molar-refractivity contribution in [3.8, 4) is 6.07 Å². The fourth-order valence-electron chi connectivity index (χ4n) is 7.06. The van der Waals surface area contributed by atoms with Crippen LogP contribution in [0.3, 0.4) is 0 Å². The van der Waals surface area contributed by atoms with E-state index >= 15 is 0 Å². The molecule has 2 unspecified atom stereocenters. The number of nitriles is 1. The Labute approximate surface area is 182 Å². The van der Waals surface area contributed by atoms with Gasteiger partial charge in [0.2, 0.25) is 0 Å². The zero-order valence-corrected chi connectivity index (χ0v) is 18.3. The molecule has 0 amide bonds. The van der Waals surface area contributed by atoms with Crippen LogP contribution >= 0.6 is 0 Å². The standard InChI is InChI=1S/C24H30N2O5/c1-23-9-7-18-17-6-4-16(26-31-22(29)30-2)13-15(17)3-5-19(18)20(23)8-10-24(23,11-12-25)14-21(27)28/h13,19-20H,3-11,14H2,1-2H3,(H,27,28)/t19?,20?,23-,24-/m0/s1. The van der Waals surface area contributed by atoms with E-state index in [4.69, 9.17) is 4.84 Å². The van der Waals surface area contributed by atoms with Gasteiger partial charge in [0, 0.05) is 6.42 Å². The van der Waals surface area contributed by atoms with Gasteiger partial charge in [0.15, 0.2) is 0 Å². The summed E-state index contributed by atoms with van der Waals surface area (Å²) >= 11 is 0. The number of hydrogen-bond acceptors (Lipinski definition) is 6. The van der Waals surface area contributed by atoms with Gasteiger partial charge in [0.05, 0.1) is 25.3 Å². The summed E-state index contributed by atoms with van der Waals surface area (Å²) in [6.07, 6.45) is 9.05. The summed E-state index contributed by atoms with van der Waals surface area (Å²) in [7, 11) is 1.26. The van der Waals surface area contributed by atoms with E-state index in [9.17, 15) is 20.0 Å². The molecule has 0 heterocycles. The van der Waals surface area contributed by atoms with Gasteiger partial charge in [-0.1, -0.05) is 17.7 Å². The Bertz CT molecular complexity index is 927. The molecular weight excluding hydrogens is 396 g/mol. The number of hydrogen-bond donors (Lipinski definition) is 1. The smallest absolute Gasteiger partial charge is 0.481 e. The van der Waals surface area contributed by atoms with E-state index in [1.807, 2.05) is 0 Å². The van der Waals surface area contributed by atoms with E-state index in [-0.39, 0.29) is 11.8 Å². The van der Waals surface area contributed by atoms with Gasteiger partial charge in [-0.2, -0.15) is 5.26 Å². The molecule has 4 rings (SSSR count). The Morgan fingerprint density at radius 3 is 2.77 bits per heavy atom. The zero-order chi connectivity index (χ0) is 22.2. The predicted molar refractivity (Wildman–Crippen MR) is 113 cm³/mol. The number of ether oxygens (including phenoxy) is 1. The number of oxime groups is 1. The molecule has 166 valence electrons. The monoisotopic (exact) mass is 426 g/mol. The number of aliphatic carboxylic acids is 1. The third-order valence-electron chi connectivity index (χ3n) is 8.59. The van der Waals surface area contributed by atoms with Gasteiger partial charge in [-0.25, -0.2) is 4.79 Å². The lowest BCUT2D eigenvalue weighted by Crippen LogP contribution is -2.46. The number of carboxylic acids is 1. The highest BCUT2D eigenvalue weighted by Crippen LogP contribution is 2.68. The SMILES string of the molecule is COC(=O)ON=C1C=C2CCC3C(=C2CC1)CC[C@@]1(C)C3CC[C@]1(CC#N)CC(=O)O. The Morgan fingerprint density at radius 1 is 1.26 bits per heavy atom. The lowest BCUT2D eigenvalue weighted by Gasteiger charge is -2.53. The number of methoxy groups -OCH3 is 1. The topological polar surface area (TPSA) is 109 Å². The van der Waals surface area contributed by atoms with E-state index < -0.39 is 17.5 Å². The summed E-state index contributed by atoms with van der Waals surface area (Å²) < 4.78 is 4.47. The lowest BCUT2D eigenvalue weighted by atomic mass is 9.51. The van der Waals surface area contributed by atoms with Crippen molar-refractivity contribution >= 4 is 17.8 Å². The molecule has 0 aromatic heterocycles. The van der Waals surface area contributed by atoms with Crippen molar-refractivity contribution in [2.24, 2.45) is 27.8 Å². The molecule has 1 N–H and O–H groups in total. The van der Waals surface area contributed by atoms with Crippen LogP contribution in [-0.2, 0) is 14.4 Å². The van der Waals surface area contributed by atoms with Gasteiger partial charge < -0.3 is 9.84 Å². The van der Waals surface area contributed by atoms with Gasteiger partial charge in [-0.05, 0) is 91.3 Å². The summed E-state index contributed by atoms with van der Waals surface area (Å²) in [6, 6.07) is 2.32. The summed E-state index contributed by atoms with van der Waals surface area (Å²) in [4.78, 5) is 27.6. The molecular formula is C24H30N2O5. The van der Waals surface area contributed by atoms with Gasteiger partial charge in [0.25, 0.3) is 0 Å². The minimum absolute atomic E-state index is 0.0946.